The third kappa shape index (κ3) is 3.09. The topological polar surface area (TPSA) is 32.7 Å². The third-order valence-corrected chi connectivity index (χ3v) is 2.78. The Morgan fingerprint density at radius 1 is 1.71 bits per heavy atom. The maximum absolute atomic E-state index is 10.00. The number of hydrogen-bond donors (Lipinski definition) is 0. The molecule has 0 aromatic carbocycles. The molecule has 1 unspecified atom stereocenters. The van der Waals surface area contributed by atoms with Crippen molar-refractivity contribution >= 4 is 6.08 Å². The van der Waals surface area contributed by atoms with Crippen molar-refractivity contribution in [3.8, 4) is 0 Å². The van der Waals surface area contributed by atoms with E-state index in [2.05, 4.69) is 30.3 Å². The Hall–Kier alpha value is -0.920. The minimum Gasteiger partial charge on any atom is -0.301 e. The molecule has 0 aliphatic carbocycles. The van der Waals surface area contributed by atoms with Crippen LogP contribution in [0.3, 0.4) is 0 Å². The van der Waals surface area contributed by atoms with Gasteiger partial charge in [-0.2, -0.15) is 4.99 Å². The molecule has 0 saturated carbocycles. The number of isocyanates is 1. The van der Waals surface area contributed by atoms with Gasteiger partial charge in [-0.3, -0.25) is 0 Å². The molecule has 0 N–H and O–H groups in total. The summed E-state index contributed by atoms with van der Waals surface area (Å²) in [7, 11) is 0. The van der Waals surface area contributed by atoms with Crippen molar-refractivity contribution in [1.29, 1.82) is 0 Å². The quantitative estimate of drug-likeness (QED) is 0.506. The summed E-state index contributed by atoms with van der Waals surface area (Å²) < 4.78 is 0. The van der Waals surface area contributed by atoms with Crippen LogP contribution in [0.25, 0.3) is 0 Å². The van der Waals surface area contributed by atoms with Crippen LogP contribution in [0.4, 0.5) is 0 Å². The molecule has 1 aliphatic heterocycles. The second-order valence-electron chi connectivity index (χ2n) is 4.22. The molecule has 0 radical (unpaired) electrons. The summed E-state index contributed by atoms with van der Waals surface area (Å²) in [4.78, 5) is 16.0. The molecule has 1 aliphatic rings. The van der Waals surface area contributed by atoms with Crippen LogP contribution in [0.1, 0.15) is 26.7 Å². The van der Waals surface area contributed by atoms with Crippen LogP contribution in [0, 0.1) is 5.92 Å². The Bertz CT molecular complexity index is 254. The first-order chi connectivity index (χ1) is 6.63. The van der Waals surface area contributed by atoms with Crippen LogP contribution in [0.5, 0.6) is 0 Å². The van der Waals surface area contributed by atoms with Gasteiger partial charge in [-0.25, -0.2) is 4.79 Å². The second-order valence-corrected chi connectivity index (χ2v) is 4.22. The van der Waals surface area contributed by atoms with Gasteiger partial charge >= 0.3 is 0 Å². The van der Waals surface area contributed by atoms with Gasteiger partial charge in [0.05, 0.1) is 0 Å². The van der Waals surface area contributed by atoms with Gasteiger partial charge in [0, 0.05) is 18.3 Å². The lowest BCUT2D eigenvalue weighted by atomic mass is 10.0. The van der Waals surface area contributed by atoms with Crippen LogP contribution >= 0.6 is 0 Å². The van der Waals surface area contributed by atoms with Gasteiger partial charge in [-0.15, -0.1) is 0 Å². The monoisotopic (exact) mass is 194 g/mol. The number of aliphatic imine (C=N–C) groups is 1. The van der Waals surface area contributed by atoms with E-state index in [-0.39, 0.29) is 0 Å². The van der Waals surface area contributed by atoms with Gasteiger partial charge < -0.3 is 4.90 Å². The fourth-order valence-corrected chi connectivity index (χ4v) is 1.94. The van der Waals surface area contributed by atoms with Crippen molar-refractivity contribution in [2.45, 2.75) is 32.7 Å². The number of likely N-dealkylation sites (tertiary alicyclic amines) is 1. The highest BCUT2D eigenvalue weighted by Gasteiger charge is 2.24. The fourth-order valence-electron chi connectivity index (χ4n) is 1.94. The molecule has 3 nitrogen and oxygen atoms in total. The molecule has 1 atom stereocenters. The average molecular weight is 194 g/mol. The zero-order valence-corrected chi connectivity index (χ0v) is 8.99. The Balaban J connectivity index is 2.36. The van der Waals surface area contributed by atoms with Crippen molar-refractivity contribution in [2.75, 3.05) is 13.1 Å². The standard InChI is InChI=1S/C11H18N2O/c1-9(2)13-5-4-11(7-13)6-10(3)12-8-14/h9,11H,3-7H2,1-2H3. The minimum atomic E-state index is 0.613. The van der Waals surface area contributed by atoms with E-state index < -0.39 is 0 Å². The first kappa shape index (κ1) is 11.2. The highest BCUT2D eigenvalue weighted by Crippen LogP contribution is 2.24. The minimum absolute atomic E-state index is 0.613. The van der Waals surface area contributed by atoms with Gasteiger partial charge in [-0.1, -0.05) is 6.58 Å². The lowest BCUT2D eigenvalue weighted by molar-refractivity contribution is 0.265. The van der Waals surface area contributed by atoms with Gasteiger partial charge in [0.1, 0.15) is 0 Å². The Labute approximate surface area is 85.5 Å². The summed E-state index contributed by atoms with van der Waals surface area (Å²) in [5.41, 5.74) is 0.663. The number of nitrogens with zero attached hydrogens (tertiary/aromatic N) is 2. The summed E-state index contributed by atoms with van der Waals surface area (Å²) in [6, 6.07) is 0.614. The zero-order valence-electron chi connectivity index (χ0n) is 8.99. The molecule has 1 fully saturated rings. The molecule has 0 amide bonds. The molecule has 0 aromatic heterocycles. The van der Waals surface area contributed by atoms with Crippen LogP contribution in [0.2, 0.25) is 0 Å². The summed E-state index contributed by atoms with van der Waals surface area (Å²) >= 11 is 0. The molecular formula is C11H18N2O. The SMILES string of the molecule is C=C(CC1CCN(C(C)C)C1)N=C=O. The second kappa shape index (κ2) is 5.08. The highest BCUT2D eigenvalue weighted by molar-refractivity contribution is 5.36. The normalized spacial score (nSPS) is 22.4. The number of rotatable bonds is 4. The van der Waals surface area contributed by atoms with E-state index >= 15 is 0 Å². The molecule has 1 heterocycles. The Morgan fingerprint density at radius 3 is 2.93 bits per heavy atom. The predicted molar refractivity (Wildman–Crippen MR) is 56.7 cm³/mol. The fraction of sp³-hybridized carbons (Fsp3) is 0.727. The van der Waals surface area contributed by atoms with Crippen LogP contribution in [0.15, 0.2) is 17.3 Å². The molecule has 0 aromatic rings. The predicted octanol–water partition coefficient (Wildman–Crippen LogP) is 1.96. The van der Waals surface area contributed by atoms with Crippen molar-refractivity contribution < 1.29 is 4.79 Å². The maximum atomic E-state index is 10.00. The van der Waals surface area contributed by atoms with E-state index in [1.807, 2.05) is 0 Å². The molecular weight excluding hydrogens is 176 g/mol. The van der Waals surface area contributed by atoms with Gasteiger partial charge in [0.2, 0.25) is 6.08 Å². The van der Waals surface area contributed by atoms with Gasteiger partial charge in [0.15, 0.2) is 0 Å². The first-order valence-electron chi connectivity index (χ1n) is 5.13. The van der Waals surface area contributed by atoms with Crippen molar-refractivity contribution in [2.24, 2.45) is 10.9 Å². The molecule has 0 spiro atoms. The Kier molecular flexibility index (Phi) is 4.05. The average Bonchev–Trinajstić information content (AvgIpc) is 2.53. The van der Waals surface area contributed by atoms with Crippen LogP contribution in [-0.2, 0) is 4.79 Å². The lowest BCUT2D eigenvalue weighted by Crippen LogP contribution is -2.28. The first-order valence-corrected chi connectivity index (χ1v) is 5.13. The van der Waals surface area contributed by atoms with Crippen molar-refractivity contribution in [3.63, 3.8) is 0 Å². The number of carbonyl (C=O) groups excluding carboxylic acids is 1. The van der Waals surface area contributed by atoms with E-state index in [9.17, 15) is 4.79 Å². The summed E-state index contributed by atoms with van der Waals surface area (Å²) in [5.74, 6) is 0.613. The maximum Gasteiger partial charge on any atom is 0.240 e. The highest BCUT2D eigenvalue weighted by atomic mass is 16.1. The third-order valence-electron chi connectivity index (χ3n) is 2.78. The van der Waals surface area contributed by atoms with Crippen molar-refractivity contribution in [1.82, 2.24) is 4.90 Å². The molecule has 0 bridgehead atoms. The van der Waals surface area contributed by atoms with Crippen LogP contribution < -0.4 is 0 Å². The smallest absolute Gasteiger partial charge is 0.240 e. The van der Waals surface area contributed by atoms with E-state index in [0.29, 0.717) is 17.7 Å². The molecule has 78 valence electrons. The molecule has 1 saturated heterocycles. The molecule has 3 heteroatoms. The number of hydrogen-bond acceptors (Lipinski definition) is 3. The Morgan fingerprint density at radius 2 is 2.43 bits per heavy atom. The zero-order chi connectivity index (χ0) is 10.6. The summed E-state index contributed by atoms with van der Waals surface area (Å²) in [5, 5.41) is 0. The molecule has 1 rings (SSSR count). The van der Waals surface area contributed by atoms with Gasteiger partial charge in [0.25, 0.3) is 0 Å². The summed E-state index contributed by atoms with van der Waals surface area (Å²) in [6.45, 7) is 10.4. The summed E-state index contributed by atoms with van der Waals surface area (Å²) in [6.07, 6.45) is 3.56. The van der Waals surface area contributed by atoms with Gasteiger partial charge in [-0.05, 0) is 39.2 Å². The van der Waals surface area contributed by atoms with E-state index in [0.717, 1.165) is 19.5 Å². The largest absolute Gasteiger partial charge is 0.301 e. The van der Waals surface area contributed by atoms with E-state index in [1.54, 1.807) is 0 Å². The van der Waals surface area contributed by atoms with E-state index in [4.69, 9.17) is 0 Å². The van der Waals surface area contributed by atoms with E-state index in [1.165, 1.54) is 12.5 Å². The molecule has 14 heavy (non-hydrogen) atoms. The number of allylic oxidation sites excluding steroid dienone is 1. The van der Waals surface area contributed by atoms with Crippen molar-refractivity contribution in [3.05, 3.63) is 12.3 Å². The lowest BCUT2D eigenvalue weighted by Gasteiger charge is -2.20. The van der Waals surface area contributed by atoms with Crippen LogP contribution in [-0.4, -0.2) is 30.1 Å².